The third-order valence-electron chi connectivity index (χ3n) is 4.15. The van der Waals surface area contributed by atoms with Crippen LogP contribution in [0.4, 0.5) is 4.39 Å². The summed E-state index contributed by atoms with van der Waals surface area (Å²) in [5.41, 5.74) is 0.395. The van der Waals surface area contributed by atoms with Crippen molar-refractivity contribution in [3.8, 4) is 6.07 Å². The van der Waals surface area contributed by atoms with Crippen LogP contribution in [0.25, 0.3) is 0 Å². The molecule has 0 bridgehead atoms. The van der Waals surface area contributed by atoms with Crippen molar-refractivity contribution in [2.45, 2.75) is 26.3 Å². The standard InChI is InChI=1S/C16H20FN3O/c1-16(5-7-19-8-6-16)15(21)20(2)11-13-9-12(10-18)3-4-14(13)17/h3-4,9,19H,5-8,11H2,1-2H3. The first-order valence-corrected chi connectivity index (χ1v) is 7.11. The summed E-state index contributed by atoms with van der Waals surface area (Å²) in [5.74, 6) is -0.352. The van der Waals surface area contributed by atoms with E-state index in [0.29, 0.717) is 11.1 Å². The Morgan fingerprint density at radius 2 is 2.14 bits per heavy atom. The lowest BCUT2D eigenvalue weighted by molar-refractivity contribution is -0.141. The Labute approximate surface area is 124 Å². The van der Waals surface area contributed by atoms with Gasteiger partial charge in [0, 0.05) is 24.6 Å². The van der Waals surface area contributed by atoms with Crippen molar-refractivity contribution in [1.82, 2.24) is 10.2 Å². The first-order valence-electron chi connectivity index (χ1n) is 7.11. The molecule has 1 aliphatic rings. The number of nitrogens with zero attached hydrogens (tertiary/aromatic N) is 2. The van der Waals surface area contributed by atoms with Crippen molar-refractivity contribution in [2.75, 3.05) is 20.1 Å². The Morgan fingerprint density at radius 1 is 1.48 bits per heavy atom. The molecule has 1 aromatic carbocycles. The van der Waals surface area contributed by atoms with Gasteiger partial charge in [-0.1, -0.05) is 6.92 Å². The molecule has 0 aromatic heterocycles. The van der Waals surface area contributed by atoms with Crippen LogP contribution in [-0.4, -0.2) is 30.9 Å². The van der Waals surface area contributed by atoms with Crippen molar-refractivity contribution in [2.24, 2.45) is 5.41 Å². The highest BCUT2D eigenvalue weighted by atomic mass is 19.1. The summed E-state index contributed by atoms with van der Waals surface area (Å²) in [6, 6.07) is 6.21. The number of carbonyl (C=O) groups excluding carboxylic acids is 1. The molecule has 1 fully saturated rings. The zero-order valence-electron chi connectivity index (χ0n) is 12.4. The van der Waals surface area contributed by atoms with Crippen LogP contribution in [0.3, 0.4) is 0 Å². The Balaban J connectivity index is 2.12. The fourth-order valence-corrected chi connectivity index (χ4v) is 2.75. The van der Waals surface area contributed by atoms with E-state index in [1.54, 1.807) is 11.9 Å². The molecule has 112 valence electrons. The van der Waals surface area contributed by atoms with E-state index in [0.717, 1.165) is 25.9 Å². The molecule has 0 atom stereocenters. The van der Waals surface area contributed by atoms with Gasteiger partial charge in [0.2, 0.25) is 5.91 Å². The molecule has 0 unspecified atom stereocenters. The zero-order valence-corrected chi connectivity index (χ0v) is 12.4. The van der Waals surface area contributed by atoms with Crippen molar-refractivity contribution in [3.63, 3.8) is 0 Å². The van der Waals surface area contributed by atoms with Gasteiger partial charge >= 0.3 is 0 Å². The van der Waals surface area contributed by atoms with Gasteiger partial charge in [-0.15, -0.1) is 0 Å². The second-order valence-corrected chi connectivity index (χ2v) is 5.89. The molecular formula is C16H20FN3O. The average molecular weight is 289 g/mol. The van der Waals surface area contributed by atoms with E-state index in [1.807, 2.05) is 13.0 Å². The first-order chi connectivity index (χ1) is 9.96. The van der Waals surface area contributed by atoms with E-state index >= 15 is 0 Å². The number of piperidine rings is 1. The monoisotopic (exact) mass is 289 g/mol. The van der Waals surface area contributed by atoms with Crippen molar-refractivity contribution < 1.29 is 9.18 Å². The summed E-state index contributed by atoms with van der Waals surface area (Å²) in [4.78, 5) is 14.2. The number of benzene rings is 1. The minimum Gasteiger partial charge on any atom is -0.341 e. The number of amides is 1. The minimum atomic E-state index is -0.386. The van der Waals surface area contributed by atoms with Crippen LogP contribution in [0, 0.1) is 22.6 Å². The summed E-state index contributed by atoms with van der Waals surface area (Å²) in [6.45, 7) is 3.81. The van der Waals surface area contributed by atoms with Crippen LogP contribution in [0.2, 0.25) is 0 Å². The second-order valence-electron chi connectivity index (χ2n) is 5.89. The van der Waals surface area contributed by atoms with Gasteiger partial charge in [0.25, 0.3) is 0 Å². The molecule has 1 saturated heterocycles. The third-order valence-corrected chi connectivity index (χ3v) is 4.15. The second kappa shape index (κ2) is 6.23. The fourth-order valence-electron chi connectivity index (χ4n) is 2.75. The van der Waals surface area contributed by atoms with Gasteiger partial charge in [0.05, 0.1) is 11.6 Å². The first kappa shape index (κ1) is 15.5. The Morgan fingerprint density at radius 3 is 2.76 bits per heavy atom. The highest BCUT2D eigenvalue weighted by Crippen LogP contribution is 2.30. The third kappa shape index (κ3) is 3.40. The largest absolute Gasteiger partial charge is 0.341 e. The number of carbonyl (C=O) groups is 1. The fraction of sp³-hybridized carbons (Fsp3) is 0.500. The maximum Gasteiger partial charge on any atom is 0.228 e. The summed E-state index contributed by atoms with van der Waals surface area (Å²) in [7, 11) is 1.69. The number of hydrogen-bond donors (Lipinski definition) is 1. The molecule has 4 nitrogen and oxygen atoms in total. The van der Waals surface area contributed by atoms with Crippen LogP contribution >= 0.6 is 0 Å². The van der Waals surface area contributed by atoms with Crippen molar-refractivity contribution >= 4 is 5.91 Å². The van der Waals surface area contributed by atoms with Crippen LogP contribution in [-0.2, 0) is 11.3 Å². The molecule has 5 heteroatoms. The normalized spacial score (nSPS) is 17.0. The van der Waals surface area contributed by atoms with Gasteiger partial charge in [0.1, 0.15) is 5.82 Å². The van der Waals surface area contributed by atoms with Gasteiger partial charge in [-0.2, -0.15) is 5.26 Å². The van der Waals surface area contributed by atoms with Crippen LogP contribution < -0.4 is 5.32 Å². The molecule has 1 aliphatic heterocycles. The highest BCUT2D eigenvalue weighted by molar-refractivity contribution is 5.82. The van der Waals surface area contributed by atoms with E-state index < -0.39 is 0 Å². The topological polar surface area (TPSA) is 56.1 Å². The number of nitrogens with one attached hydrogen (secondary N) is 1. The predicted octanol–water partition coefficient (Wildman–Crippen LogP) is 2.05. The van der Waals surface area contributed by atoms with E-state index in [4.69, 9.17) is 5.26 Å². The van der Waals surface area contributed by atoms with Gasteiger partial charge in [-0.05, 0) is 44.1 Å². The molecule has 2 rings (SSSR count). The Hall–Kier alpha value is -1.93. The van der Waals surface area contributed by atoms with Gasteiger partial charge in [-0.25, -0.2) is 4.39 Å². The van der Waals surface area contributed by atoms with E-state index in [9.17, 15) is 9.18 Å². The molecule has 0 saturated carbocycles. The van der Waals surface area contributed by atoms with Crippen LogP contribution in [0.5, 0.6) is 0 Å². The molecule has 1 amide bonds. The summed E-state index contributed by atoms with van der Waals surface area (Å²) < 4.78 is 13.8. The van der Waals surface area contributed by atoms with Crippen LogP contribution in [0.1, 0.15) is 30.9 Å². The van der Waals surface area contributed by atoms with E-state index in [1.165, 1.54) is 18.2 Å². The molecule has 0 radical (unpaired) electrons. The number of halogens is 1. The smallest absolute Gasteiger partial charge is 0.228 e. The van der Waals surface area contributed by atoms with E-state index in [-0.39, 0.29) is 23.7 Å². The molecule has 1 aromatic rings. The lowest BCUT2D eigenvalue weighted by Crippen LogP contribution is -2.46. The molecule has 0 aliphatic carbocycles. The Kier molecular flexibility index (Phi) is 4.59. The molecule has 21 heavy (non-hydrogen) atoms. The lowest BCUT2D eigenvalue weighted by atomic mass is 9.79. The number of rotatable bonds is 3. The molecule has 1 N–H and O–H groups in total. The SMILES string of the molecule is CN(Cc1cc(C#N)ccc1F)C(=O)C1(C)CCNCC1. The zero-order chi connectivity index (χ0) is 15.5. The number of nitriles is 1. The van der Waals surface area contributed by atoms with Crippen molar-refractivity contribution in [3.05, 3.63) is 35.1 Å². The summed E-state index contributed by atoms with van der Waals surface area (Å²) >= 11 is 0. The van der Waals surface area contributed by atoms with Crippen molar-refractivity contribution in [1.29, 1.82) is 5.26 Å². The van der Waals surface area contributed by atoms with Gasteiger partial charge < -0.3 is 10.2 Å². The number of hydrogen-bond acceptors (Lipinski definition) is 3. The quantitative estimate of drug-likeness (QED) is 0.926. The maximum absolute atomic E-state index is 13.8. The van der Waals surface area contributed by atoms with Gasteiger partial charge in [-0.3, -0.25) is 4.79 Å². The highest BCUT2D eigenvalue weighted by Gasteiger charge is 2.36. The summed E-state index contributed by atoms with van der Waals surface area (Å²) in [6.07, 6.45) is 1.58. The molecular weight excluding hydrogens is 269 g/mol. The minimum absolute atomic E-state index is 0.0331. The Bertz CT molecular complexity index is 573. The average Bonchev–Trinajstić information content (AvgIpc) is 2.49. The predicted molar refractivity (Wildman–Crippen MR) is 77.8 cm³/mol. The van der Waals surface area contributed by atoms with E-state index in [2.05, 4.69) is 5.32 Å². The summed E-state index contributed by atoms with van der Waals surface area (Å²) in [5, 5.41) is 12.1. The molecule has 1 heterocycles. The van der Waals surface area contributed by atoms with Gasteiger partial charge in [0.15, 0.2) is 0 Å². The molecule has 0 spiro atoms. The lowest BCUT2D eigenvalue weighted by Gasteiger charge is -2.36. The van der Waals surface area contributed by atoms with Crippen LogP contribution in [0.15, 0.2) is 18.2 Å². The maximum atomic E-state index is 13.8.